The fraction of sp³-hybridized carbons (Fsp3) is 0.194. The number of fused-ring (bicyclic) bond motifs is 2. The average Bonchev–Trinajstić information content (AvgIpc) is 3.56. The van der Waals surface area contributed by atoms with Gasteiger partial charge in [0.25, 0.3) is 15.1 Å². The summed E-state index contributed by atoms with van der Waals surface area (Å²) in [4.78, 5) is 3.64. The van der Waals surface area contributed by atoms with Gasteiger partial charge in [-0.25, -0.2) is 0 Å². The van der Waals surface area contributed by atoms with E-state index in [9.17, 15) is 13.0 Å². The number of allylic oxidation sites excluding steroid dienone is 2. The SMILES string of the molecule is CCC(/C=C1\Sc2ccc(-c3ccccc3)cc2N1CC)=C\c1sc2ccc(-c3ccccc3)cc2[n+]1CCCS(=O)(=O)O. The van der Waals surface area contributed by atoms with Gasteiger partial charge in [-0.15, -0.1) is 0 Å². The van der Waals surface area contributed by atoms with Crippen molar-refractivity contribution in [1.29, 1.82) is 0 Å². The fourth-order valence-corrected chi connectivity index (χ4v) is 8.38. The lowest BCUT2D eigenvalue weighted by Crippen LogP contribution is -2.36. The Bertz CT molecular complexity index is 1960. The second-order valence-corrected chi connectivity index (χ2v) is 14.4. The van der Waals surface area contributed by atoms with Crippen LogP contribution in [0.3, 0.4) is 0 Å². The molecule has 0 spiro atoms. The maximum atomic E-state index is 11.5. The molecule has 44 heavy (non-hydrogen) atoms. The van der Waals surface area contributed by atoms with Crippen LogP contribution in [0.2, 0.25) is 0 Å². The summed E-state index contributed by atoms with van der Waals surface area (Å²) in [5, 5.41) is 2.26. The van der Waals surface area contributed by atoms with E-state index < -0.39 is 10.1 Å². The second-order valence-electron chi connectivity index (χ2n) is 10.7. The normalized spacial score (nSPS) is 14.5. The van der Waals surface area contributed by atoms with Crippen molar-refractivity contribution in [3.63, 3.8) is 0 Å². The number of hydrogen-bond donors (Lipinski definition) is 1. The minimum atomic E-state index is -4.04. The zero-order chi connectivity index (χ0) is 30.7. The molecule has 0 fully saturated rings. The molecule has 1 aliphatic heterocycles. The van der Waals surface area contributed by atoms with Gasteiger partial charge in [-0.1, -0.05) is 103 Å². The van der Waals surface area contributed by atoms with E-state index in [1.165, 1.54) is 32.3 Å². The van der Waals surface area contributed by atoms with E-state index in [0.717, 1.165) is 39.3 Å². The summed E-state index contributed by atoms with van der Waals surface area (Å²) >= 11 is 3.51. The third-order valence-corrected chi connectivity index (χ3v) is 10.8. The summed E-state index contributed by atoms with van der Waals surface area (Å²) in [6.45, 7) is 5.71. The molecule has 0 atom stereocenters. The Morgan fingerprint density at radius 2 is 1.52 bits per heavy atom. The number of thioether (sulfide) groups is 1. The van der Waals surface area contributed by atoms with Gasteiger partial charge >= 0.3 is 0 Å². The largest absolute Gasteiger partial charge is 0.335 e. The van der Waals surface area contributed by atoms with E-state index in [1.54, 1.807) is 23.1 Å². The molecular weight excluding hydrogens is 605 g/mol. The summed E-state index contributed by atoms with van der Waals surface area (Å²) in [6, 6.07) is 33.9. The van der Waals surface area contributed by atoms with Crippen LogP contribution >= 0.6 is 23.1 Å². The van der Waals surface area contributed by atoms with Gasteiger partial charge in [-0.3, -0.25) is 4.55 Å². The predicted molar refractivity (Wildman–Crippen MR) is 186 cm³/mol. The Labute approximate surface area is 267 Å². The zero-order valence-corrected chi connectivity index (χ0v) is 27.3. The van der Waals surface area contributed by atoms with E-state index in [4.69, 9.17) is 0 Å². The molecule has 4 aromatic carbocycles. The molecule has 0 unspecified atom stereocenters. The zero-order valence-electron chi connectivity index (χ0n) is 24.8. The Morgan fingerprint density at radius 3 is 2.16 bits per heavy atom. The molecule has 5 nitrogen and oxygen atoms in total. The lowest BCUT2D eigenvalue weighted by molar-refractivity contribution is -0.668. The first-order valence-electron chi connectivity index (χ1n) is 14.9. The van der Waals surface area contributed by atoms with Crippen LogP contribution in [-0.4, -0.2) is 25.3 Å². The number of aryl methyl sites for hydroxylation is 1. The van der Waals surface area contributed by atoms with Crippen molar-refractivity contribution in [2.24, 2.45) is 0 Å². The van der Waals surface area contributed by atoms with Gasteiger partial charge in [-0.2, -0.15) is 13.0 Å². The molecule has 0 amide bonds. The minimum Gasteiger partial charge on any atom is -0.335 e. The maximum absolute atomic E-state index is 11.5. The third kappa shape index (κ3) is 6.69. The van der Waals surface area contributed by atoms with Crippen LogP contribution in [-0.2, 0) is 16.7 Å². The van der Waals surface area contributed by atoms with E-state index in [2.05, 4.69) is 108 Å². The average molecular weight is 640 g/mol. The number of nitrogens with zero attached hydrogens (tertiary/aromatic N) is 2. The molecule has 0 bridgehead atoms. The molecule has 0 saturated heterocycles. The van der Waals surface area contributed by atoms with E-state index in [0.29, 0.717) is 13.0 Å². The highest BCUT2D eigenvalue weighted by molar-refractivity contribution is 8.03. The molecule has 0 aliphatic carbocycles. The van der Waals surface area contributed by atoms with Crippen molar-refractivity contribution in [1.82, 2.24) is 0 Å². The highest BCUT2D eigenvalue weighted by Gasteiger charge is 2.26. The van der Waals surface area contributed by atoms with Crippen LogP contribution in [0.25, 0.3) is 38.5 Å². The summed E-state index contributed by atoms with van der Waals surface area (Å²) in [5.74, 6) is -0.269. The van der Waals surface area contributed by atoms with Crippen LogP contribution in [0, 0.1) is 0 Å². The van der Waals surface area contributed by atoms with Crippen LogP contribution in [0.1, 0.15) is 31.7 Å². The van der Waals surface area contributed by atoms with Gasteiger partial charge < -0.3 is 4.90 Å². The van der Waals surface area contributed by atoms with Gasteiger partial charge in [0, 0.05) is 30.0 Å². The first-order chi connectivity index (χ1) is 21.3. The van der Waals surface area contributed by atoms with Crippen molar-refractivity contribution in [3.8, 4) is 22.3 Å². The first kappa shape index (κ1) is 30.3. The maximum Gasteiger partial charge on any atom is 0.265 e. The second kappa shape index (κ2) is 13.1. The van der Waals surface area contributed by atoms with E-state index in [1.807, 2.05) is 24.3 Å². The summed E-state index contributed by atoms with van der Waals surface area (Å²) in [5.41, 5.74) is 8.16. The Morgan fingerprint density at radius 1 is 0.864 bits per heavy atom. The van der Waals surface area contributed by atoms with Gasteiger partial charge in [0.2, 0.25) is 5.52 Å². The lowest BCUT2D eigenvalue weighted by atomic mass is 10.0. The van der Waals surface area contributed by atoms with Gasteiger partial charge in [0.05, 0.1) is 16.5 Å². The van der Waals surface area contributed by atoms with E-state index >= 15 is 0 Å². The number of thiazole rings is 1. The van der Waals surface area contributed by atoms with Gasteiger partial charge in [0.1, 0.15) is 4.70 Å². The Balaban J connectivity index is 1.37. The van der Waals surface area contributed by atoms with Crippen molar-refractivity contribution in [2.75, 3.05) is 17.2 Å². The van der Waals surface area contributed by atoms with Crippen molar-refractivity contribution < 1.29 is 17.5 Å². The molecule has 1 aliphatic rings. The van der Waals surface area contributed by atoms with Crippen LogP contribution in [0.15, 0.2) is 119 Å². The fourth-order valence-electron chi connectivity index (χ4n) is 5.56. The number of hydrogen-bond acceptors (Lipinski definition) is 5. The summed E-state index contributed by atoms with van der Waals surface area (Å²) in [6.07, 6.45) is 5.70. The number of anilines is 1. The van der Waals surface area contributed by atoms with Crippen LogP contribution in [0.4, 0.5) is 5.69 Å². The molecule has 5 aromatic rings. The predicted octanol–water partition coefficient (Wildman–Crippen LogP) is 9.07. The van der Waals surface area contributed by atoms with Crippen molar-refractivity contribution in [3.05, 3.63) is 119 Å². The molecule has 0 saturated carbocycles. The molecule has 1 N–H and O–H groups in total. The molecule has 1 aromatic heterocycles. The number of benzene rings is 4. The molecule has 224 valence electrons. The van der Waals surface area contributed by atoms with Gasteiger partial charge in [0.15, 0.2) is 6.54 Å². The molecule has 8 heteroatoms. The monoisotopic (exact) mass is 639 g/mol. The first-order valence-corrected chi connectivity index (χ1v) is 18.1. The molecule has 6 rings (SSSR count). The standard InChI is InChI=1S/C36H34N2O3S3/c1-3-26(22-35-37(4-2)31-24-29(16-18-33(31)42-35)27-12-7-5-8-13-27)23-36-38(20-11-21-44(39,40)41)32-25-30(17-19-34(32)43-36)28-14-9-6-10-15-28/h5-10,12-19,22-25H,3-4,11,20-21H2,1-2H3/p+1. The smallest absolute Gasteiger partial charge is 0.265 e. The minimum absolute atomic E-state index is 0.269. The van der Waals surface area contributed by atoms with Crippen molar-refractivity contribution in [2.45, 2.75) is 38.1 Å². The number of aromatic nitrogens is 1. The van der Waals surface area contributed by atoms with E-state index in [-0.39, 0.29) is 5.75 Å². The quantitative estimate of drug-likeness (QED) is 0.122. The topological polar surface area (TPSA) is 61.5 Å². The molecule has 2 heterocycles. The Kier molecular flexibility index (Phi) is 9.05. The van der Waals surface area contributed by atoms with Crippen LogP contribution in [0.5, 0.6) is 0 Å². The van der Waals surface area contributed by atoms with Gasteiger partial charge in [-0.05, 0) is 65.4 Å². The third-order valence-electron chi connectivity index (χ3n) is 7.80. The van der Waals surface area contributed by atoms with Crippen LogP contribution < -0.4 is 9.47 Å². The lowest BCUT2D eigenvalue weighted by Gasteiger charge is -2.19. The molecule has 0 radical (unpaired) electrons. The Hall–Kier alpha value is -3.69. The highest BCUT2D eigenvalue weighted by atomic mass is 32.2. The van der Waals surface area contributed by atoms with Crippen molar-refractivity contribution >= 4 is 55.2 Å². The summed E-state index contributed by atoms with van der Waals surface area (Å²) in [7, 11) is -4.04. The number of rotatable bonds is 10. The molecular formula is C36H35N2O3S3+. The summed E-state index contributed by atoms with van der Waals surface area (Å²) < 4.78 is 35.8. The highest BCUT2D eigenvalue weighted by Crippen LogP contribution is 2.47.